The first-order chi connectivity index (χ1) is 18.1. The van der Waals surface area contributed by atoms with E-state index in [1.807, 2.05) is 54.6 Å². The Morgan fingerprint density at radius 1 is 0.838 bits per heavy atom. The van der Waals surface area contributed by atoms with Crippen molar-refractivity contribution < 1.29 is 9.59 Å². The summed E-state index contributed by atoms with van der Waals surface area (Å²) in [5, 5.41) is 9.80. The Hall–Kier alpha value is -4.77. The van der Waals surface area contributed by atoms with Gasteiger partial charge in [-0.25, -0.2) is 0 Å². The number of nitrogens with one attached hydrogen (secondary N) is 1. The Kier molecular flexibility index (Phi) is 7.04. The number of allylic oxidation sites excluding steroid dienone is 1. The number of hydrazone groups is 1. The Labute approximate surface area is 216 Å². The zero-order chi connectivity index (χ0) is 25.6. The minimum absolute atomic E-state index is 0.0979. The number of amides is 1. The Balaban J connectivity index is 1.33. The van der Waals surface area contributed by atoms with E-state index >= 15 is 0 Å². The molecule has 0 aliphatic carbocycles. The van der Waals surface area contributed by atoms with Crippen molar-refractivity contribution in [3.63, 3.8) is 0 Å². The number of nitrogens with zero attached hydrogens (tertiary/aromatic N) is 2. The van der Waals surface area contributed by atoms with Gasteiger partial charge in [0, 0.05) is 24.6 Å². The van der Waals surface area contributed by atoms with Crippen molar-refractivity contribution in [3.8, 4) is 0 Å². The van der Waals surface area contributed by atoms with Crippen molar-refractivity contribution in [1.29, 1.82) is 0 Å². The topological polar surface area (TPSA) is 61.8 Å². The Morgan fingerprint density at radius 2 is 1.49 bits per heavy atom. The van der Waals surface area contributed by atoms with E-state index in [2.05, 4.69) is 46.7 Å². The zero-order valence-electron chi connectivity index (χ0n) is 20.5. The predicted molar refractivity (Wildman–Crippen MR) is 150 cm³/mol. The van der Waals surface area contributed by atoms with Crippen LogP contribution in [0.25, 0.3) is 6.08 Å². The molecule has 0 spiro atoms. The highest BCUT2D eigenvalue weighted by atomic mass is 16.1. The highest BCUT2D eigenvalue weighted by molar-refractivity contribution is 6.07. The standard InChI is InChI=1S/C32H27N3O2/c1-23(36)33-28-17-15-27(16-18-28)32(37)21-14-24-12-19-29(20-13-24)35-31(26-10-6-3-7-11-26)22-30(34-35)25-8-4-2-5-9-25/h2-21,31H,22H2,1H3,(H,33,36)/b21-14+. The van der Waals surface area contributed by atoms with Gasteiger partial charge in [-0.3, -0.25) is 14.6 Å². The quantitative estimate of drug-likeness (QED) is 0.229. The van der Waals surface area contributed by atoms with E-state index in [0.29, 0.717) is 11.3 Å². The van der Waals surface area contributed by atoms with Crippen molar-refractivity contribution in [3.05, 3.63) is 138 Å². The summed E-state index contributed by atoms with van der Waals surface area (Å²) >= 11 is 0. The highest BCUT2D eigenvalue weighted by Crippen LogP contribution is 2.36. The fraction of sp³-hybridized carbons (Fsp3) is 0.0938. The fourth-order valence-corrected chi connectivity index (χ4v) is 4.42. The van der Waals surface area contributed by atoms with Crippen LogP contribution in [0.1, 0.15) is 46.4 Å². The molecule has 1 N–H and O–H groups in total. The minimum Gasteiger partial charge on any atom is -0.326 e. The second kappa shape index (κ2) is 10.9. The molecular weight excluding hydrogens is 458 g/mol. The Morgan fingerprint density at radius 3 is 2.14 bits per heavy atom. The molecule has 1 amide bonds. The lowest BCUT2D eigenvalue weighted by molar-refractivity contribution is -0.114. The highest BCUT2D eigenvalue weighted by Gasteiger charge is 2.29. The van der Waals surface area contributed by atoms with Gasteiger partial charge in [-0.1, -0.05) is 78.9 Å². The molecule has 5 nitrogen and oxygen atoms in total. The summed E-state index contributed by atoms with van der Waals surface area (Å²) in [5.41, 5.74) is 6.57. The van der Waals surface area contributed by atoms with Crippen LogP contribution >= 0.6 is 0 Å². The van der Waals surface area contributed by atoms with Crippen LogP contribution in [0.15, 0.2) is 120 Å². The monoisotopic (exact) mass is 485 g/mol. The summed E-state index contributed by atoms with van der Waals surface area (Å²) in [5.74, 6) is -0.243. The van der Waals surface area contributed by atoms with Gasteiger partial charge in [-0.15, -0.1) is 0 Å². The van der Waals surface area contributed by atoms with Crippen LogP contribution < -0.4 is 10.3 Å². The van der Waals surface area contributed by atoms with Crippen LogP contribution in [0.4, 0.5) is 11.4 Å². The van der Waals surface area contributed by atoms with Gasteiger partial charge in [0.25, 0.3) is 0 Å². The lowest BCUT2D eigenvalue weighted by Crippen LogP contribution is -2.18. The Bertz CT molecular complexity index is 1440. The maximum Gasteiger partial charge on any atom is 0.221 e. The number of hydrogen-bond acceptors (Lipinski definition) is 4. The van der Waals surface area contributed by atoms with Crippen molar-refractivity contribution >= 4 is 34.9 Å². The maximum absolute atomic E-state index is 12.6. The molecule has 0 saturated heterocycles. The third-order valence-electron chi connectivity index (χ3n) is 6.28. The lowest BCUT2D eigenvalue weighted by atomic mass is 9.98. The fourth-order valence-electron chi connectivity index (χ4n) is 4.42. The molecule has 0 aromatic heterocycles. The van der Waals surface area contributed by atoms with E-state index in [1.54, 1.807) is 30.3 Å². The van der Waals surface area contributed by atoms with Gasteiger partial charge in [0.05, 0.1) is 17.4 Å². The van der Waals surface area contributed by atoms with Crippen LogP contribution in [0.2, 0.25) is 0 Å². The number of ketones is 1. The third kappa shape index (κ3) is 5.73. The molecule has 5 rings (SSSR count). The van der Waals surface area contributed by atoms with Gasteiger partial charge >= 0.3 is 0 Å². The lowest BCUT2D eigenvalue weighted by Gasteiger charge is -2.24. The largest absolute Gasteiger partial charge is 0.326 e. The summed E-state index contributed by atoms with van der Waals surface area (Å²) in [6.45, 7) is 1.45. The first kappa shape index (κ1) is 23.9. The molecule has 4 aromatic rings. The maximum atomic E-state index is 12.6. The molecule has 0 bridgehead atoms. The second-order valence-corrected chi connectivity index (χ2v) is 8.94. The molecule has 1 atom stereocenters. The van der Waals surface area contributed by atoms with Gasteiger partial charge in [0.2, 0.25) is 5.91 Å². The summed E-state index contributed by atoms with van der Waals surface area (Å²) in [6, 6.07) is 35.8. The number of carbonyl (C=O) groups excluding carboxylic acids is 2. The first-order valence-electron chi connectivity index (χ1n) is 12.2. The number of benzene rings is 4. The van der Waals surface area contributed by atoms with Crippen LogP contribution in [-0.4, -0.2) is 17.4 Å². The molecule has 1 heterocycles. The van der Waals surface area contributed by atoms with Crippen LogP contribution in [-0.2, 0) is 4.79 Å². The molecule has 1 aliphatic rings. The minimum atomic E-state index is -0.145. The normalized spacial score (nSPS) is 15.0. The van der Waals surface area contributed by atoms with E-state index in [1.165, 1.54) is 12.5 Å². The van der Waals surface area contributed by atoms with E-state index in [9.17, 15) is 9.59 Å². The first-order valence-corrected chi connectivity index (χ1v) is 12.2. The molecule has 0 radical (unpaired) electrons. The van der Waals surface area contributed by atoms with Gasteiger partial charge in [-0.05, 0) is 59.2 Å². The van der Waals surface area contributed by atoms with Crippen molar-refractivity contribution in [1.82, 2.24) is 0 Å². The van der Waals surface area contributed by atoms with Gasteiger partial charge in [0.15, 0.2) is 5.78 Å². The average molecular weight is 486 g/mol. The van der Waals surface area contributed by atoms with Gasteiger partial charge < -0.3 is 5.32 Å². The SMILES string of the molecule is CC(=O)Nc1ccc(C(=O)/C=C/c2ccc(N3N=C(c4ccccc4)CC3c3ccccc3)cc2)cc1. The summed E-state index contributed by atoms with van der Waals surface area (Å²) in [6.07, 6.45) is 4.20. The number of rotatable bonds is 7. The summed E-state index contributed by atoms with van der Waals surface area (Å²) in [4.78, 5) is 23.8. The van der Waals surface area contributed by atoms with E-state index in [-0.39, 0.29) is 17.7 Å². The van der Waals surface area contributed by atoms with Crippen molar-refractivity contribution in [2.45, 2.75) is 19.4 Å². The molecule has 1 aliphatic heterocycles. The van der Waals surface area contributed by atoms with E-state index in [0.717, 1.165) is 28.9 Å². The molecule has 37 heavy (non-hydrogen) atoms. The average Bonchev–Trinajstić information content (AvgIpc) is 3.39. The van der Waals surface area contributed by atoms with Crippen molar-refractivity contribution in [2.24, 2.45) is 5.10 Å². The van der Waals surface area contributed by atoms with E-state index < -0.39 is 0 Å². The summed E-state index contributed by atoms with van der Waals surface area (Å²) in [7, 11) is 0. The zero-order valence-corrected chi connectivity index (χ0v) is 20.5. The molecule has 4 aromatic carbocycles. The van der Waals surface area contributed by atoms with Crippen LogP contribution in [0.3, 0.4) is 0 Å². The number of carbonyl (C=O) groups is 2. The molecule has 182 valence electrons. The number of hydrogen-bond donors (Lipinski definition) is 1. The van der Waals surface area contributed by atoms with Crippen molar-refractivity contribution in [2.75, 3.05) is 10.3 Å². The molecule has 0 saturated carbocycles. The third-order valence-corrected chi connectivity index (χ3v) is 6.28. The smallest absolute Gasteiger partial charge is 0.221 e. The molecular formula is C32H27N3O2. The van der Waals surface area contributed by atoms with Crippen LogP contribution in [0, 0.1) is 0 Å². The number of anilines is 2. The predicted octanol–water partition coefficient (Wildman–Crippen LogP) is 6.90. The molecule has 1 unspecified atom stereocenters. The molecule has 5 heteroatoms. The van der Waals surface area contributed by atoms with Crippen LogP contribution in [0.5, 0.6) is 0 Å². The summed E-state index contributed by atoms with van der Waals surface area (Å²) < 4.78 is 0. The van der Waals surface area contributed by atoms with Gasteiger partial charge in [0.1, 0.15) is 0 Å². The van der Waals surface area contributed by atoms with E-state index in [4.69, 9.17) is 5.10 Å². The van der Waals surface area contributed by atoms with Gasteiger partial charge in [-0.2, -0.15) is 5.10 Å². The second-order valence-electron chi connectivity index (χ2n) is 8.94. The molecule has 0 fully saturated rings.